The zero-order valence-electron chi connectivity index (χ0n) is 10.3. The minimum atomic E-state index is -1.26. The summed E-state index contributed by atoms with van der Waals surface area (Å²) in [6, 6.07) is 0.180. The Hall–Kier alpha value is -1.69. The van der Waals surface area contributed by atoms with E-state index in [0.29, 0.717) is 6.07 Å². The molecule has 0 aromatic heterocycles. The molecule has 100 valence electrons. The molecule has 0 saturated heterocycles. The molecule has 0 radical (unpaired) electrons. The summed E-state index contributed by atoms with van der Waals surface area (Å²) < 4.78 is 31.1. The average Bonchev–Trinajstić information content (AvgIpc) is 2.26. The number of phenolic OH excluding ortho intramolecular Hbond substituents is 1. The number of hydrogen-bond acceptors (Lipinski definition) is 4. The standard InChI is InChI=1S/C12H15F2NO3/c1-12(2,11(17)18-3)10(15)9-7(14)4-6(13)5-8(9)16/h4-5,10,16H,15H2,1-3H3/t10-/m1/s1. The van der Waals surface area contributed by atoms with Crippen molar-refractivity contribution >= 4 is 5.97 Å². The molecule has 3 N–H and O–H groups in total. The largest absolute Gasteiger partial charge is 0.507 e. The number of rotatable bonds is 3. The quantitative estimate of drug-likeness (QED) is 0.813. The van der Waals surface area contributed by atoms with E-state index in [9.17, 15) is 18.7 Å². The van der Waals surface area contributed by atoms with Crippen molar-refractivity contribution in [3.8, 4) is 5.75 Å². The third kappa shape index (κ3) is 2.43. The smallest absolute Gasteiger partial charge is 0.313 e. The molecular formula is C12H15F2NO3. The summed E-state index contributed by atoms with van der Waals surface area (Å²) in [5.41, 5.74) is 4.21. The highest BCUT2D eigenvalue weighted by molar-refractivity contribution is 5.77. The summed E-state index contributed by atoms with van der Waals surface area (Å²) in [7, 11) is 1.18. The van der Waals surface area contributed by atoms with Gasteiger partial charge in [-0.15, -0.1) is 0 Å². The van der Waals surface area contributed by atoms with Crippen LogP contribution in [0.5, 0.6) is 5.75 Å². The van der Waals surface area contributed by atoms with Crippen LogP contribution < -0.4 is 5.73 Å². The first-order valence-corrected chi connectivity index (χ1v) is 5.23. The topological polar surface area (TPSA) is 72.5 Å². The Balaban J connectivity index is 3.27. The molecule has 1 atom stereocenters. The van der Waals surface area contributed by atoms with Gasteiger partial charge in [-0.05, 0) is 13.8 Å². The molecule has 18 heavy (non-hydrogen) atoms. The number of aromatic hydroxyl groups is 1. The van der Waals surface area contributed by atoms with Gasteiger partial charge in [0.15, 0.2) is 0 Å². The fourth-order valence-corrected chi connectivity index (χ4v) is 1.63. The van der Waals surface area contributed by atoms with Crippen LogP contribution in [0.15, 0.2) is 12.1 Å². The number of benzene rings is 1. The molecule has 0 heterocycles. The van der Waals surface area contributed by atoms with Gasteiger partial charge in [-0.2, -0.15) is 0 Å². The van der Waals surface area contributed by atoms with Crippen LogP contribution in [0.4, 0.5) is 8.78 Å². The Kier molecular flexibility index (Phi) is 3.91. The summed E-state index contributed by atoms with van der Waals surface area (Å²) in [6.45, 7) is 2.90. The zero-order chi connectivity index (χ0) is 14.1. The van der Waals surface area contributed by atoms with Crippen LogP contribution in [0.1, 0.15) is 25.5 Å². The second-order valence-corrected chi connectivity index (χ2v) is 4.51. The Morgan fingerprint density at radius 3 is 2.44 bits per heavy atom. The van der Waals surface area contributed by atoms with E-state index in [4.69, 9.17) is 5.73 Å². The van der Waals surface area contributed by atoms with Crippen LogP contribution >= 0.6 is 0 Å². The molecule has 0 spiro atoms. The van der Waals surface area contributed by atoms with Crippen molar-refractivity contribution in [2.75, 3.05) is 7.11 Å². The van der Waals surface area contributed by atoms with Gasteiger partial charge < -0.3 is 15.6 Å². The molecule has 1 aromatic carbocycles. The molecule has 0 unspecified atom stereocenters. The van der Waals surface area contributed by atoms with Crippen molar-refractivity contribution < 1.29 is 23.4 Å². The van der Waals surface area contributed by atoms with E-state index in [1.807, 2.05) is 0 Å². The van der Waals surface area contributed by atoms with Crippen molar-refractivity contribution in [2.24, 2.45) is 11.1 Å². The van der Waals surface area contributed by atoms with E-state index in [1.54, 1.807) is 0 Å². The number of carbonyl (C=O) groups is 1. The van der Waals surface area contributed by atoms with Crippen molar-refractivity contribution in [1.29, 1.82) is 0 Å². The van der Waals surface area contributed by atoms with Crippen molar-refractivity contribution in [3.05, 3.63) is 29.3 Å². The van der Waals surface area contributed by atoms with Crippen LogP contribution in [0.3, 0.4) is 0 Å². The number of nitrogens with two attached hydrogens (primary N) is 1. The van der Waals surface area contributed by atoms with Gasteiger partial charge in [-0.3, -0.25) is 4.79 Å². The molecule has 0 saturated carbocycles. The first-order valence-electron chi connectivity index (χ1n) is 5.23. The summed E-state index contributed by atoms with van der Waals surface area (Å²) in [4.78, 5) is 11.6. The van der Waals surface area contributed by atoms with Crippen molar-refractivity contribution in [2.45, 2.75) is 19.9 Å². The van der Waals surface area contributed by atoms with E-state index >= 15 is 0 Å². The van der Waals surface area contributed by atoms with Crippen LogP contribution in [0.2, 0.25) is 0 Å². The third-order valence-corrected chi connectivity index (χ3v) is 2.87. The molecule has 0 aliphatic heterocycles. The number of hydrogen-bond donors (Lipinski definition) is 2. The van der Waals surface area contributed by atoms with Gasteiger partial charge in [0.05, 0.1) is 18.6 Å². The molecular weight excluding hydrogens is 244 g/mol. The highest BCUT2D eigenvalue weighted by Crippen LogP contribution is 2.38. The normalized spacial score (nSPS) is 13.2. The average molecular weight is 259 g/mol. The minimum absolute atomic E-state index is 0.313. The fourth-order valence-electron chi connectivity index (χ4n) is 1.63. The molecule has 1 rings (SSSR count). The number of methoxy groups -OCH3 is 1. The number of phenols is 1. The lowest BCUT2D eigenvalue weighted by Crippen LogP contribution is -2.38. The molecule has 0 aliphatic carbocycles. The van der Waals surface area contributed by atoms with Gasteiger partial charge >= 0.3 is 5.97 Å². The first-order chi connectivity index (χ1) is 8.21. The van der Waals surface area contributed by atoms with Gasteiger partial charge in [0, 0.05) is 17.7 Å². The molecule has 0 amide bonds. The van der Waals surface area contributed by atoms with Crippen molar-refractivity contribution in [1.82, 2.24) is 0 Å². The summed E-state index contributed by atoms with van der Waals surface area (Å²) in [5.74, 6) is -3.20. The Morgan fingerprint density at radius 1 is 1.44 bits per heavy atom. The minimum Gasteiger partial charge on any atom is -0.507 e. The Labute approximate surface area is 103 Å². The number of esters is 1. The lowest BCUT2D eigenvalue weighted by Gasteiger charge is -2.29. The summed E-state index contributed by atoms with van der Waals surface area (Å²) in [5, 5.41) is 9.55. The van der Waals surface area contributed by atoms with Gasteiger partial charge in [-0.25, -0.2) is 8.78 Å². The molecule has 0 bridgehead atoms. The second kappa shape index (κ2) is 4.89. The highest BCUT2D eigenvalue weighted by atomic mass is 19.1. The van der Waals surface area contributed by atoms with Crippen LogP contribution in [-0.4, -0.2) is 18.2 Å². The second-order valence-electron chi connectivity index (χ2n) is 4.51. The predicted octanol–water partition coefficient (Wildman–Crippen LogP) is 1.87. The molecule has 0 fully saturated rings. The SMILES string of the molecule is COC(=O)C(C)(C)[C@H](N)c1c(O)cc(F)cc1F. The van der Waals surface area contributed by atoms with Crippen LogP contribution in [0, 0.1) is 17.0 Å². The van der Waals surface area contributed by atoms with E-state index in [-0.39, 0.29) is 5.56 Å². The van der Waals surface area contributed by atoms with Crippen molar-refractivity contribution in [3.63, 3.8) is 0 Å². The van der Waals surface area contributed by atoms with E-state index in [0.717, 1.165) is 6.07 Å². The van der Waals surface area contributed by atoms with Crippen LogP contribution in [-0.2, 0) is 9.53 Å². The number of ether oxygens (including phenoxy) is 1. The van der Waals surface area contributed by atoms with E-state index in [2.05, 4.69) is 4.74 Å². The lowest BCUT2D eigenvalue weighted by molar-refractivity contribution is -0.152. The van der Waals surface area contributed by atoms with Gasteiger partial charge in [-0.1, -0.05) is 0 Å². The summed E-state index contributed by atoms with van der Waals surface area (Å²) in [6.07, 6.45) is 0. The van der Waals surface area contributed by atoms with Gasteiger partial charge in [0.25, 0.3) is 0 Å². The van der Waals surface area contributed by atoms with E-state index < -0.39 is 34.8 Å². The maximum Gasteiger partial charge on any atom is 0.313 e. The van der Waals surface area contributed by atoms with E-state index in [1.165, 1.54) is 21.0 Å². The molecule has 4 nitrogen and oxygen atoms in total. The van der Waals surface area contributed by atoms with Gasteiger partial charge in [0.1, 0.15) is 17.4 Å². The lowest BCUT2D eigenvalue weighted by atomic mass is 9.80. The zero-order valence-corrected chi connectivity index (χ0v) is 10.3. The van der Waals surface area contributed by atoms with Gasteiger partial charge in [0.2, 0.25) is 0 Å². The first kappa shape index (κ1) is 14.4. The fraction of sp³-hybridized carbons (Fsp3) is 0.417. The monoisotopic (exact) mass is 259 g/mol. The number of carbonyl (C=O) groups excluding carboxylic acids is 1. The highest BCUT2D eigenvalue weighted by Gasteiger charge is 2.39. The Bertz CT molecular complexity index is 451. The number of halogens is 2. The predicted molar refractivity (Wildman–Crippen MR) is 60.7 cm³/mol. The maximum absolute atomic E-state index is 13.6. The molecule has 6 heteroatoms. The Morgan fingerprint density at radius 2 is 2.00 bits per heavy atom. The maximum atomic E-state index is 13.6. The third-order valence-electron chi connectivity index (χ3n) is 2.87. The molecule has 0 aliphatic rings. The summed E-state index contributed by atoms with van der Waals surface area (Å²) >= 11 is 0. The molecule has 1 aromatic rings. The van der Waals surface area contributed by atoms with Crippen LogP contribution in [0.25, 0.3) is 0 Å².